The molecule has 0 bridgehead atoms. The van der Waals surface area contributed by atoms with Gasteiger partial charge in [0.25, 0.3) is 0 Å². The lowest BCUT2D eigenvalue weighted by molar-refractivity contribution is 1.04. The fourth-order valence-corrected chi connectivity index (χ4v) is 1.31. The predicted molar refractivity (Wildman–Crippen MR) is 48.7 cm³/mol. The SMILES string of the molecule is C#Cn1c(C)nc2ccccc21. The molecule has 0 saturated heterocycles. The summed E-state index contributed by atoms with van der Waals surface area (Å²) in [5, 5.41) is 0. The second-order valence-corrected chi connectivity index (χ2v) is 2.61. The van der Waals surface area contributed by atoms with E-state index in [0.29, 0.717) is 0 Å². The highest BCUT2D eigenvalue weighted by atomic mass is 15.1. The van der Waals surface area contributed by atoms with E-state index in [4.69, 9.17) is 6.42 Å². The fraction of sp³-hybridized carbons (Fsp3) is 0.100. The largest absolute Gasteiger partial charge is 0.255 e. The second kappa shape index (κ2) is 2.38. The van der Waals surface area contributed by atoms with E-state index in [0.717, 1.165) is 16.9 Å². The van der Waals surface area contributed by atoms with Gasteiger partial charge in [-0.1, -0.05) is 18.6 Å². The van der Waals surface area contributed by atoms with E-state index in [1.165, 1.54) is 0 Å². The third kappa shape index (κ3) is 0.802. The summed E-state index contributed by atoms with van der Waals surface area (Å²) in [6, 6.07) is 10.4. The molecule has 0 aliphatic carbocycles. The van der Waals surface area contributed by atoms with Crippen LogP contribution in [0.15, 0.2) is 24.3 Å². The summed E-state index contributed by atoms with van der Waals surface area (Å²) in [4.78, 5) is 4.30. The molecule has 0 unspecified atom stereocenters. The number of aromatic nitrogens is 2. The molecule has 0 radical (unpaired) electrons. The number of terminal acetylenes is 1. The Hall–Kier alpha value is -1.75. The lowest BCUT2D eigenvalue weighted by Crippen LogP contribution is -1.89. The molecule has 2 aromatic rings. The number of imidazole rings is 1. The van der Waals surface area contributed by atoms with Crippen molar-refractivity contribution in [1.82, 2.24) is 9.55 Å². The van der Waals surface area contributed by atoms with Gasteiger partial charge in [0.05, 0.1) is 11.0 Å². The summed E-state index contributed by atoms with van der Waals surface area (Å²) >= 11 is 0. The van der Waals surface area contributed by atoms with Gasteiger partial charge in [0.15, 0.2) is 0 Å². The van der Waals surface area contributed by atoms with Crippen LogP contribution in [0.2, 0.25) is 0 Å². The minimum atomic E-state index is 0.860. The van der Waals surface area contributed by atoms with Crippen molar-refractivity contribution < 1.29 is 0 Å². The smallest absolute Gasteiger partial charge is 0.118 e. The second-order valence-electron chi connectivity index (χ2n) is 2.61. The van der Waals surface area contributed by atoms with Crippen LogP contribution in [0.4, 0.5) is 0 Å². The van der Waals surface area contributed by atoms with E-state index >= 15 is 0 Å². The van der Waals surface area contributed by atoms with Gasteiger partial charge in [-0.2, -0.15) is 0 Å². The summed E-state index contributed by atoms with van der Waals surface area (Å²) in [5.41, 5.74) is 1.95. The minimum Gasteiger partial charge on any atom is -0.255 e. The molecule has 58 valence electrons. The topological polar surface area (TPSA) is 17.8 Å². The average molecular weight is 156 g/mol. The molecule has 0 N–H and O–H groups in total. The van der Waals surface area contributed by atoms with E-state index < -0.39 is 0 Å². The number of hydrogen-bond acceptors (Lipinski definition) is 1. The molecule has 0 spiro atoms. The lowest BCUT2D eigenvalue weighted by atomic mass is 10.3. The molecule has 1 aromatic heterocycles. The quantitative estimate of drug-likeness (QED) is 0.532. The molecule has 2 heteroatoms. The third-order valence-corrected chi connectivity index (χ3v) is 1.86. The van der Waals surface area contributed by atoms with Gasteiger partial charge >= 0.3 is 0 Å². The van der Waals surface area contributed by atoms with Crippen molar-refractivity contribution in [2.45, 2.75) is 6.92 Å². The Morgan fingerprint density at radius 3 is 2.92 bits per heavy atom. The van der Waals surface area contributed by atoms with Crippen LogP contribution in [0, 0.1) is 19.4 Å². The maximum Gasteiger partial charge on any atom is 0.118 e. The first kappa shape index (κ1) is 6.93. The molecular formula is C10H8N2. The maximum atomic E-state index is 5.33. The molecule has 0 fully saturated rings. The summed E-state index contributed by atoms with van der Waals surface area (Å²) in [7, 11) is 0. The molecule has 0 amide bonds. The Bertz CT molecular complexity index is 460. The Balaban J connectivity index is 2.93. The molecule has 0 saturated carbocycles. The van der Waals surface area contributed by atoms with Crippen LogP contribution in [-0.2, 0) is 0 Å². The van der Waals surface area contributed by atoms with Gasteiger partial charge in [0.1, 0.15) is 5.82 Å². The van der Waals surface area contributed by atoms with E-state index in [9.17, 15) is 0 Å². The predicted octanol–water partition coefficient (Wildman–Crippen LogP) is 1.78. The number of aryl methyl sites for hydroxylation is 1. The lowest BCUT2D eigenvalue weighted by Gasteiger charge is -1.92. The first-order valence-electron chi connectivity index (χ1n) is 3.73. The zero-order chi connectivity index (χ0) is 8.55. The molecule has 1 heterocycles. The van der Waals surface area contributed by atoms with E-state index in [1.807, 2.05) is 31.2 Å². The highest BCUT2D eigenvalue weighted by molar-refractivity contribution is 5.76. The number of hydrogen-bond donors (Lipinski definition) is 0. The van der Waals surface area contributed by atoms with Gasteiger partial charge in [0, 0.05) is 6.04 Å². The third-order valence-electron chi connectivity index (χ3n) is 1.86. The average Bonchev–Trinajstić information content (AvgIpc) is 2.40. The summed E-state index contributed by atoms with van der Waals surface area (Å²) in [6.45, 7) is 1.90. The zero-order valence-electron chi connectivity index (χ0n) is 6.78. The number of rotatable bonds is 0. The van der Waals surface area contributed by atoms with E-state index in [1.54, 1.807) is 4.57 Å². The van der Waals surface area contributed by atoms with Crippen LogP contribution in [-0.4, -0.2) is 9.55 Å². The van der Waals surface area contributed by atoms with Crippen LogP contribution in [0.1, 0.15) is 5.82 Å². The first-order valence-corrected chi connectivity index (χ1v) is 3.73. The Morgan fingerprint density at radius 1 is 1.42 bits per heavy atom. The monoisotopic (exact) mass is 156 g/mol. The van der Waals surface area contributed by atoms with Crippen LogP contribution < -0.4 is 0 Å². The Kier molecular flexibility index (Phi) is 1.38. The molecule has 2 rings (SSSR count). The van der Waals surface area contributed by atoms with Gasteiger partial charge in [-0.3, -0.25) is 4.57 Å². The van der Waals surface area contributed by atoms with Gasteiger partial charge in [0.2, 0.25) is 0 Å². The summed E-state index contributed by atoms with van der Waals surface area (Å²) in [5.74, 6) is 0.860. The van der Waals surface area contributed by atoms with Crippen molar-refractivity contribution in [3.8, 4) is 12.5 Å². The number of benzene rings is 1. The Labute approximate surface area is 70.8 Å². The molecular weight excluding hydrogens is 148 g/mol. The molecule has 0 atom stereocenters. The maximum absolute atomic E-state index is 5.33. The van der Waals surface area contributed by atoms with Crippen LogP contribution in [0.5, 0.6) is 0 Å². The highest BCUT2D eigenvalue weighted by Gasteiger charge is 2.02. The van der Waals surface area contributed by atoms with E-state index in [-0.39, 0.29) is 0 Å². The summed E-state index contributed by atoms with van der Waals surface area (Å²) in [6.07, 6.45) is 5.33. The van der Waals surface area contributed by atoms with Crippen molar-refractivity contribution in [2.24, 2.45) is 0 Å². The van der Waals surface area contributed by atoms with E-state index in [2.05, 4.69) is 11.0 Å². The number of nitrogens with zero attached hydrogens (tertiary/aromatic N) is 2. The van der Waals surface area contributed by atoms with Crippen molar-refractivity contribution >= 4 is 11.0 Å². The van der Waals surface area contributed by atoms with Crippen molar-refractivity contribution in [1.29, 1.82) is 0 Å². The summed E-state index contributed by atoms with van der Waals surface area (Å²) < 4.78 is 1.75. The normalized spacial score (nSPS) is 10.0. The van der Waals surface area contributed by atoms with Crippen molar-refractivity contribution in [3.05, 3.63) is 30.1 Å². The minimum absolute atomic E-state index is 0.860. The van der Waals surface area contributed by atoms with Crippen molar-refractivity contribution in [2.75, 3.05) is 0 Å². The number of fused-ring (bicyclic) bond motifs is 1. The molecule has 12 heavy (non-hydrogen) atoms. The molecule has 2 nitrogen and oxygen atoms in total. The van der Waals surface area contributed by atoms with Gasteiger partial charge in [-0.15, -0.1) is 0 Å². The van der Waals surface area contributed by atoms with Crippen molar-refractivity contribution in [3.63, 3.8) is 0 Å². The molecule has 0 aliphatic rings. The highest BCUT2D eigenvalue weighted by Crippen LogP contribution is 2.13. The first-order chi connectivity index (χ1) is 5.83. The molecule has 0 aliphatic heterocycles. The fourth-order valence-electron chi connectivity index (χ4n) is 1.31. The van der Waals surface area contributed by atoms with Gasteiger partial charge < -0.3 is 0 Å². The molecule has 1 aromatic carbocycles. The van der Waals surface area contributed by atoms with Crippen LogP contribution >= 0.6 is 0 Å². The Morgan fingerprint density at radius 2 is 2.17 bits per heavy atom. The standard InChI is InChI=1S/C10H8N2/c1-3-12-8(2)11-9-6-4-5-7-10(9)12/h1,4-7H,2H3. The van der Waals surface area contributed by atoms with Gasteiger partial charge in [-0.25, -0.2) is 4.98 Å². The van der Waals surface area contributed by atoms with Crippen LogP contribution in [0.3, 0.4) is 0 Å². The van der Waals surface area contributed by atoms with Gasteiger partial charge in [-0.05, 0) is 19.1 Å². The van der Waals surface area contributed by atoms with Crippen LogP contribution in [0.25, 0.3) is 11.0 Å². The number of para-hydroxylation sites is 2. The zero-order valence-corrected chi connectivity index (χ0v) is 6.78.